The number of benzene rings is 1. The third-order valence-electron chi connectivity index (χ3n) is 7.05. The van der Waals surface area contributed by atoms with E-state index in [0.29, 0.717) is 19.0 Å². The number of likely N-dealkylation sites (N-methyl/N-ethyl adjacent to an activating group) is 1. The predicted octanol–water partition coefficient (Wildman–Crippen LogP) is 2.23. The lowest BCUT2D eigenvalue weighted by atomic mass is 9.89. The summed E-state index contributed by atoms with van der Waals surface area (Å²) in [7, 11) is 1.96. The fraction of sp³-hybridized carbons (Fsp3) is 0.667. The van der Waals surface area contributed by atoms with Crippen LogP contribution in [-0.4, -0.2) is 85.9 Å². The molecule has 0 unspecified atom stereocenters. The number of rotatable bonds is 6. The molecule has 6 heteroatoms. The third kappa shape index (κ3) is 5.22. The number of piperazine rings is 1. The van der Waals surface area contributed by atoms with Crippen molar-refractivity contribution in [2.75, 3.05) is 64.3 Å². The van der Waals surface area contributed by atoms with E-state index in [4.69, 9.17) is 0 Å². The van der Waals surface area contributed by atoms with Crippen molar-refractivity contribution in [1.29, 1.82) is 0 Å². The Balaban J connectivity index is 1.18. The van der Waals surface area contributed by atoms with Crippen molar-refractivity contribution in [3.05, 3.63) is 29.8 Å². The summed E-state index contributed by atoms with van der Waals surface area (Å²) in [6.45, 7) is 6.08. The highest BCUT2D eigenvalue weighted by molar-refractivity contribution is 5.96. The molecule has 1 saturated carbocycles. The van der Waals surface area contributed by atoms with Gasteiger partial charge in [-0.25, -0.2) is 0 Å². The molecule has 2 heterocycles. The molecular weight excluding hydrogens is 376 g/mol. The molecule has 1 aromatic carbocycles. The Morgan fingerprint density at radius 2 is 1.60 bits per heavy atom. The molecule has 2 fully saturated rings. The minimum Gasteiger partial charge on any atom is -0.344 e. The molecule has 0 spiro atoms. The average Bonchev–Trinajstić information content (AvgIpc) is 3.20. The second-order valence-electron chi connectivity index (χ2n) is 9.25. The minimum absolute atomic E-state index is 0.191. The van der Waals surface area contributed by atoms with Gasteiger partial charge in [0.1, 0.15) is 0 Å². The van der Waals surface area contributed by atoms with Crippen LogP contribution in [0, 0.1) is 5.92 Å². The highest BCUT2D eigenvalue weighted by atomic mass is 16.2. The van der Waals surface area contributed by atoms with Crippen LogP contribution in [0.5, 0.6) is 0 Å². The minimum atomic E-state index is 0.191. The van der Waals surface area contributed by atoms with Crippen molar-refractivity contribution >= 4 is 17.5 Å². The normalized spacial score (nSPS) is 20.9. The van der Waals surface area contributed by atoms with E-state index >= 15 is 0 Å². The number of para-hydroxylation sites is 1. The average molecular weight is 413 g/mol. The lowest BCUT2D eigenvalue weighted by Crippen LogP contribution is -2.52. The van der Waals surface area contributed by atoms with Crippen molar-refractivity contribution in [3.63, 3.8) is 0 Å². The maximum Gasteiger partial charge on any atom is 0.241 e. The van der Waals surface area contributed by atoms with Gasteiger partial charge < -0.3 is 9.80 Å². The zero-order valence-electron chi connectivity index (χ0n) is 18.4. The van der Waals surface area contributed by atoms with E-state index in [1.165, 1.54) is 37.7 Å². The molecule has 0 atom stereocenters. The fourth-order valence-corrected chi connectivity index (χ4v) is 5.15. The van der Waals surface area contributed by atoms with Crippen molar-refractivity contribution in [2.24, 2.45) is 5.92 Å². The Hall–Kier alpha value is -1.92. The Bertz CT molecular complexity index is 738. The predicted molar refractivity (Wildman–Crippen MR) is 120 cm³/mol. The molecule has 1 aliphatic carbocycles. The van der Waals surface area contributed by atoms with Gasteiger partial charge in [0.05, 0.1) is 13.1 Å². The van der Waals surface area contributed by atoms with Crippen LogP contribution in [0.25, 0.3) is 0 Å². The molecule has 0 bridgehead atoms. The summed E-state index contributed by atoms with van der Waals surface area (Å²) in [6, 6.07) is 8.21. The summed E-state index contributed by atoms with van der Waals surface area (Å²) >= 11 is 0. The Morgan fingerprint density at radius 1 is 0.933 bits per heavy atom. The first-order valence-electron chi connectivity index (χ1n) is 11.7. The first kappa shape index (κ1) is 21.3. The largest absolute Gasteiger partial charge is 0.344 e. The monoisotopic (exact) mass is 412 g/mol. The quantitative estimate of drug-likeness (QED) is 0.719. The number of amides is 2. The number of fused-ring (bicyclic) bond motifs is 1. The van der Waals surface area contributed by atoms with E-state index in [1.807, 2.05) is 35.0 Å². The Kier molecular flexibility index (Phi) is 7.05. The van der Waals surface area contributed by atoms with E-state index in [1.54, 1.807) is 0 Å². The van der Waals surface area contributed by atoms with Crippen LogP contribution >= 0.6 is 0 Å². The summed E-state index contributed by atoms with van der Waals surface area (Å²) in [6.07, 6.45) is 7.47. The van der Waals surface area contributed by atoms with Gasteiger partial charge in [-0.15, -0.1) is 0 Å². The standard InChI is InChI=1S/C24H36N4O2/c1-25(17-20-7-3-2-4-8-20)23(29)18-26-13-15-27(16-14-26)19-24(30)28-12-11-21-9-5-6-10-22(21)28/h5-6,9-10,20H,2-4,7-8,11-19H2,1H3. The molecule has 0 N–H and O–H groups in total. The molecule has 164 valence electrons. The molecule has 0 aromatic heterocycles. The van der Waals surface area contributed by atoms with Gasteiger partial charge in [0.2, 0.25) is 11.8 Å². The molecule has 2 aliphatic heterocycles. The zero-order valence-corrected chi connectivity index (χ0v) is 18.4. The fourth-order valence-electron chi connectivity index (χ4n) is 5.15. The van der Waals surface area contributed by atoms with Crippen LogP contribution in [0.2, 0.25) is 0 Å². The first-order chi connectivity index (χ1) is 14.6. The number of anilines is 1. The number of carbonyl (C=O) groups excluding carboxylic acids is 2. The SMILES string of the molecule is CN(CC1CCCCC1)C(=O)CN1CCN(CC(=O)N2CCc3ccccc32)CC1. The van der Waals surface area contributed by atoms with E-state index in [-0.39, 0.29) is 11.8 Å². The lowest BCUT2D eigenvalue weighted by Gasteiger charge is -2.35. The van der Waals surface area contributed by atoms with Crippen molar-refractivity contribution in [2.45, 2.75) is 38.5 Å². The number of hydrogen-bond acceptors (Lipinski definition) is 4. The first-order valence-corrected chi connectivity index (χ1v) is 11.7. The molecule has 30 heavy (non-hydrogen) atoms. The second-order valence-corrected chi connectivity index (χ2v) is 9.25. The van der Waals surface area contributed by atoms with Gasteiger partial charge in [0.25, 0.3) is 0 Å². The van der Waals surface area contributed by atoms with Crippen LogP contribution < -0.4 is 4.90 Å². The Labute approximate surface area is 180 Å². The highest BCUT2D eigenvalue weighted by Gasteiger charge is 2.28. The van der Waals surface area contributed by atoms with Crippen LogP contribution in [0.15, 0.2) is 24.3 Å². The lowest BCUT2D eigenvalue weighted by molar-refractivity contribution is -0.132. The molecular formula is C24H36N4O2. The molecule has 1 saturated heterocycles. The van der Waals surface area contributed by atoms with E-state index in [0.717, 1.165) is 51.4 Å². The van der Waals surface area contributed by atoms with Gasteiger partial charge >= 0.3 is 0 Å². The maximum absolute atomic E-state index is 12.8. The van der Waals surface area contributed by atoms with E-state index in [2.05, 4.69) is 15.9 Å². The summed E-state index contributed by atoms with van der Waals surface area (Å²) in [5, 5.41) is 0. The van der Waals surface area contributed by atoms with Gasteiger partial charge in [0.15, 0.2) is 0 Å². The van der Waals surface area contributed by atoms with Crippen molar-refractivity contribution in [3.8, 4) is 0 Å². The van der Waals surface area contributed by atoms with Crippen LogP contribution in [0.1, 0.15) is 37.7 Å². The Morgan fingerprint density at radius 3 is 2.33 bits per heavy atom. The summed E-state index contributed by atoms with van der Waals surface area (Å²) in [5.41, 5.74) is 2.35. The topological polar surface area (TPSA) is 47.1 Å². The van der Waals surface area contributed by atoms with Crippen LogP contribution in [0.4, 0.5) is 5.69 Å². The number of carbonyl (C=O) groups is 2. The number of hydrogen-bond donors (Lipinski definition) is 0. The molecule has 2 amide bonds. The van der Waals surface area contributed by atoms with E-state index < -0.39 is 0 Å². The summed E-state index contributed by atoms with van der Waals surface area (Å²) < 4.78 is 0. The van der Waals surface area contributed by atoms with Gasteiger partial charge in [-0.2, -0.15) is 0 Å². The summed E-state index contributed by atoms with van der Waals surface area (Å²) in [5.74, 6) is 1.11. The molecule has 6 nitrogen and oxygen atoms in total. The highest BCUT2D eigenvalue weighted by Crippen LogP contribution is 2.27. The molecule has 1 aromatic rings. The van der Waals surface area contributed by atoms with Crippen molar-refractivity contribution in [1.82, 2.24) is 14.7 Å². The smallest absolute Gasteiger partial charge is 0.241 e. The van der Waals surface area contributed by atoms with Crippen LogP contribution in [0.3, 0.4) is 0 Å². The van der Waals surface area contributed by atoms with Gasteiger partial charge in [-0.3, -0.25) is 19.4 Å². The van der Waals surface area contributed by atoms with Gasteiger partial charge in [0, 0.05) is 52.0 Å². The molecule has 4 rings (SSSR count). The maximum atomic E-state index is 12.8. The number of nitrogens with zero attached hydrogens (tertiary/aromatic N) is 4. The van der Waals surface area contributed by atoms with Gasteiger partial charge in [-0.05, 0) is 36.8 Å². The molecule has 0 radical (unpaired) electrons. The van der Waals surface area contributed by atoms with Gasteiger partial charge in [-0.1, -0.05) is 37.5 Å². The zero-order chi connectivity index (χ0) is 20.9. The van der Waals surface area contributed by atoms with E-state index in [9.17, 15) is 9.59 Å². The van der Waals surface area contributed by atoms with Crippen molar-refractivity contribution < 1.29 is 9.59 Å². The van der Waals surface area contributed by atoms with Crippen LogP contribution in [-0.2, 0) is 16.0 Å². The summed E-state index contributed by atoms with van der Waals surface area (Å²) in [4.78, 5) is 33.8. The second kappa shape index (κ2) is 9.92. The third-order valence-corrected chi connectivity index (χ3v) is 7.05. The molecule has 3 aliphatic rings.